The molecule has 25 heavy (non-hydrogen) atoms. The lowest BCUT2D eigenvalue weighted by molar-refractivity contribution is 0.125. The monoisotopic (exact) mass is 341 g/mol. The van der Waals surface area contributed by atoms with Crippen LogP contribution in [0.4, 0.5) is 4.79 Å². The van der Waals surface area contributed by atoms with Crippen molar-refractivity contribution >= 4 is 6.09 Å². The molecule has 132 valence electrons. The summed E-state index contributed by atoms with van der Waals surface area (Å²) >= 11 is 0. The molecule has 6 nitrogen and oxygen atoms in total. The number of ether oxygens (including phenoxy) is 2. The van der Waals surface area contributed by atoms with Crippen LogP contribution in [0.2, 0.25) is 0 Å². The lowest BCUT2D eigenvalue weighted by Crippen LogP contribution is -2.52. The molecular formula is C19H23N3O3. The number of carbonyl (C=O) groups excluding carboxylic acids is 1. The molecule has 3 rings (SSSR count). The van der Waals surface area contributed by atoms with Gasteiger partial charge in [0, 0.05) is 30.9 Å². The number of nitrogens with zero attached hydrogens (tertiary/aromatic N) is 1. The Kier molecular flexibility index (Phi) is 5.85. The first kappa shape index (κ1) is 17.2. The maximum absolute atomic E-state index is 11.8. The number of carbonyl (C=O) groups is 1. The predicted octanol–water partition coefficient (Wildman–Crippen LogP) is 2.64. The molecule has 2 aromatic rings. The van der Waals surface area contributed by atoms with Crippen LogP contribution in [-0.2, 0) is 17.9 Å². The van der Waals surface area contributed by atoms with Crippen LogP contribution in [0, 0.1) is 0 Å². The first-order valence-electron chi connectivity index (χ1n) is 8.42. The lowest BCUT2D eigenvalue weighted by atomic mass is 9.87. The number of methoxy groups -OCH3 is 1. The molecule has 1 aromatic carbocycles. The number of hydrogen-bond acceptors (Lipinski definition) is 5. The highest BCUT2D eigenvalue weighted by atomic mass is 16.5. The minimum absolute atomic E-state index is 0.174. The Labute approximate surface area is 147 Å². The lowest BCUT2D eigenvalue weighted by Gasteiger charge is -2.36. The molecule has 1 saturated carbocycles. The van der Waals surface area contributed by atoms with Gasteiger partial charge in [-0.25, -0.2) is 9.78 Å². The van der Waals surface area contributed by atoms with E-state index in [4.69, 9.17) is 9.47 Å². The predicted molar refractivity (Wildman–Crippen MR) is 94.2 cm³/mol. The Morgan fingerprint density at radius 3 is 2.72 bits per heavy atom. The average molecular weight is 341 g/mol. The van der Waals surface area contributed by atoms with Crippen LogP contribution >= 0.6 is 0 Å². The van der Waals surface area contributed by atoms with Crippen molar-refractivity contribution in [2.24, 2.45) is 0 Å². The third kappa shape index (κ3) is 5.19. The van der Waals surface area contributed by atoms with Gasteiger partial charge in [0.2, 0.25) is 5.88 Å². The standard InChI is InChI=1S/C19H23N3O3/c1-24-18-9-15(7-8-20-18)12-21-16-10-17(11-16)22-19(23)25-13-14-5-3-2-4-6-14/h2-9,16-17,21H,10-13H2,1H3,(H,22,23). The molecule has 0 unspecified atom stereocenters. The molecule has 1 aromatic heterocycles. The fraction of sp³-hybridized carbons (Fsp3) is 0.368. The van der Waals surface area contributed by atoms with Crippen LogP contribution in [-0.4, -0.2) is 30.3 Å². The third-order valence-corrected chi connectivity index (χ3v) is 4.28. The molecule has 1 heterocycles. The fourth-order valence-electron chi connectivity index (χ4n) is 2.77. The second-order valence-electron chi connectivity index (χ2n) is 6.16. The van der Waals surface area contributed by atoms with Crippen molar-refractivity contribution in [3.8, 4) is 5.88 Å². The van der Waals surface area contributed by atoms with E-state index in [2.05, 4.69) is 15.6 Å². The molecule has 2 N–H and O–H groups in total. The molecule has 0 bridgehead atoms. The van der Waals surface area contributed by atoms with E-state index in [1.165, 1.54) is 0 Å². The summed E-state index contributed by atoms with van der Waals surface area (Å²) in [5.41, 5.74) is 2.11. The largest absolute Gasteiger partial charge is 0.481 e. The summed E-state index contributed by atoms with van der Waals surface area (Å²) in [6.07, 6.45) is 3.20. The van der Waals surface area contributed by atoms with Crippen LogP contribution < -0.4 is 15.4 Å². The molecule has 0 saturated heterocycles. The Balaban J connectivity index is 1.32. The average Bonchev–Trinajstić information content (AvgIpc) is 2.62. The molecular weight excluding hydrogens is 318 g/mol. The third-order valence-electron chi connectivity index (χ3n) is 4.28. The first-order chi connectivity index (χ1) is 12.2. The number of aromatic nitrogens is 1. The zero-order valence-electron chi connectivity index (χ0n) is 14.3. The maximum atomic E-state index is 11.8. The van der Waals surface area contributed by atoms with Gasteiger partial charge < -0.3 is 20.1 Å². The summed E-state index contributed by atoms with van der Waals surface area (Å²) in [5, 5.41) is 6.37. The van der Waals surface area contributed by atoms with Crippen molar-refractivity contribution in [2.75, 3.05) is 7.11 Å². The van der Waals surface area contributed by atoms with Gasteiger partial charge in [0.25, 0.3) is 0 Å². The number of nitrogens with one attached hydrogen (secondary N) is 2. The highest BCUT2D eigenvalue weighted by molar-refractivity contribution is 5.67. The van der Waals surface area contributed by atoms with Gasteiger partial charge in [0.05, 0.1) is 7.11 Å². The summed E-state index contributed by atoms with van der Waals surface area (Å²) in [6, 6.07) is 14.1. The summed E-state index contributed by atoms with van der Waals surface area (Å²) in [7, 11) is 1.61. The molecule has 1 aliphatic carbocycles. The van der Waals surface area contributed by atoms with Crippen molar-refractivity contribution in [3.05, 3.63) is 59.8 Å². The van der Waals surface area contributed by atoms with Gasteiger partial charge in [-0.05, 0) is 30.0 Å². The second-order valence-corrected chi connectivity index (χ2v) is 6.16. The van der Waals surface area contributed by atoms with Crippen LogP contribution in [0.25, 0.3) is 0 Å². The van der Waals surface area contributed by atoms with E-state index >= 15 is 0 Å². The summed E-state index contributed by atoms with van der Waals surface area (Å²) in [5.74, 6) is 0.619. The normalized spacial score (nSPS) is 18.9. The minimum atomic E-state index is -0.355. The van der Waals surface area contributed by atoms with E-state index in [-0.39, 0.29) is 12.1 Å². The van der Waals surface area contributed by atoms with Gasteiger partial charge in [0.15, 0.2) is 0 Å². The number of amides is 1. The van der Waals surface area contributed by atoms with Crippen LogP contribution in [0.15, 0.2) is 48.7 Å². The second kappa shape index (κ2) is 8.48. The molecule has 0 spiro atoms. The van der Waals surface area contributed by atoms with E-state index in [1.807, 2.05) is 42.5 Å². The molecule has 1 amide bonds. The highest BCUT2D eigenvalue weighted by Gasteiger charge is 2.30. The minimum Gasteiger partial charge on any atom is -0.481 e. The molecule has 1 aliphatic rings. The zero-order valence-corrected chi connectivity index (χ0v) is 14.3. The Morgan fingerprint density at radius 1 is 1.16 bits per heavy atom. The molecule has 0 radical (unpaired) electrons. The number of rotatable bonds is 7. The smallest absolute Gasteiger partial charge is 0.407 e. The van der Waals surface area contributed by atoms with Crippen molar-refractivity contribution in [2.45, 2.75) is 38.1 Å². The summed E-state index contributed by atoms with van der Waals surface area (Å²) in [4.78, 5) is 15.9. The van der Waals surface area contributed by atoms with Crippen molar-refractivity contribution in [1.29, 1.82) is 0 Å². The summed E-state index contributed by atoms with van der Waals surface area (Å²) < 4.78 is 10.4. The molecule has 0 atom stereocenters. The summed E-state index contributed by atoms with van der Waals surface area (Å²) in [6.45, 7) is 1.06. The topological polar surface area (TPSA) is 72.5 Å². The number of benzene rings is 1. The SMILES string of the molecule is COc1cc(CNC2CC(NC(=O)OCc3ccccc3)C2)ccn1. The van der Waals surface area contributed by atoms with Crippen molar-refractivity contribution < 1.29 is 14.3 Å². The molecule has 1 fully saturated rings. The van der Waals surface area contributed by atoms with Gasteiger partial charge in [-0.15, -0.1) is 0 Å². The Bertz CT molecular complexity index is 687. The number of alkyl carbamates (subject to hydrolysis) is 1. The van der Waals surface area contributed by atoms with E-state index in [9.17, 15) is 4.79 Å². The number of hydrogen-bond donors (Lipinski definition) is 2. The van der Waals surface area contributed by atoms with Crippen LogP contribution in [0.5, 0.6) is 5.88 Å². The number of pyridine rings is 1. The van der Waals surface area contributed by atoms with Crippen LogP contribution in [0.1, 0.15) is 24.0 Å². The quantitative estimate of drug-likeness (QED) is 0.810. The van der Waals surface area contributed by atoms with E-state index in [0.29, 0.717) is 18.5 Å². The maximum Gasteiger partial charge on any atom is 0.407 e. The van der Waals surface area contributed by atoms with Crippen molar-refractivity contribution in [1.82, 2.24) is 15.6 Å². The van der Waals surface area contributed by atoms with Gasteiger partial charge in [-0.1, -0.05) is 30.3 Å². The molecule has 0 aliphatic heterocycles. The Morgan fingerprint density at radius 2 is 1.96 bits per heavy atom. The molecule has 6 heteroatoms. The van der Waals surface area contributed by atoms with E-state index in [0.717, 1.165) is 30.5 Å². The van der Waals surface area contributed by atoms with Crippen LogP contribution in [0.3, 0.4) is 0 Å². The van der Waals surface area contributed by atoms with E-state index in [1.54, 1.807) is 13.3 Å². The highest BCUT2D eigenvalue weighted by Crippen LogP contribution is 2.21. The van der Waals surface area contributed by atoms with Gasteiger partial charge in [0.1, 0.15) is 6.61 Å². The Hall–Kier alpha value is -2.60. The first-order valence-corrected chi connectivity index (χ1v) is 8.42. The zero-order chi connectivity index (χ0) is 17.5. The van der Waals surface area contributed by atoms with Gasteiger partial charge in [-0.3, -0.25) is 0 Å². The van der Waals surface area contributed by atoms with Crippen molar-refractivity contribution in [3.63, 3.8) is 0 Å². The van der Waals surface area contributed by atoms with Gasteiger partial charge in [-0.2, -0.15) is 0 Å². The fourth-order valence-corrected chi connectivity index (χ4v) is 2.77. The van der Waals surface area contributed by atoms with E-state index < -0.39 is 0 Å². The van der Waals surface area contributed by atoms with Gasteiger partial charge >= 0.3 is 6.09 Å².